The molecule has 0 heterocycles. The van der Waals surface area contributed by atoms with Crippen molar-refractivity contribution in [3.8, 4) is 0 Å². The highest BCUT2D eigenvalue weighted by atomic mass is 28.4. The van der Waals surface area contributed by atoms with Gasteiger partial charge >= 0.3 is 0 Å². The van der Waals surface area contributed by atoms with Gasteiger partial charge in [-0.3, -0.25) is 0 Å². The molecule has 3 nitrogen and oxygen atoms in total. The van der Waals surface area contributed by atoms with Crippen molar-refractivity contribution in [1.29, 1.82) is 0 Å². The molecular weight excluding hydrogens is 180 g/mol. The molecule has 0 fully saturated rings. The monoisotopic (exact) mass is 204 g/mol. The van der Waals surface area contributed by atoms with Crippen LogP contribution in [0.2, 0.25) is 19.6 Å². The third-order valence-electron chi connectivity index (χ3n) is 1.60. The van der Waals surface area contributed by atoms with Gasteiger partial charge in [0, 0.05) is 19.7 Å². The van der Waals surface area contributed by atoms with E-state index in [2.05, 4.69) is 25.0 Å². The summed E-state index contributed by atoms with van der Waals surface area (Å²) >= 11 is 0. The molecule has 0 aromatic rings. The summed E-state index contributed by atoms with van der Waals surface area (Å²) < 4.78 is 5.72. The zero-order valence-electron chi connectivity index (χ0n) is 9.23. The normalized spacial score (nSPS) is 12.0. The first kappa shape index (κ1) is 13.1. The maximum Gasteiger partial charge on any atom is 0.183 e. The number of hydrogen-bond acceptors (Lipinski definition) is 3. The molecule has 0 aromatic heterocycles. The van der Waals surface area contributed by atoms with Crippen molar-refractivity contribution in [1.82, 2.24) is 5.32 Å². The summed E-state index contributed by atoms with van der Waals surface area (Å²) in [6.07, 6.45) is 2.34. The fraction of sp³-hybridized carbons (Fsp3) is 1.00. The lowest BCUT2D eigenvalue weighted by Crippen LogP contribution is -2.26. The predicted molar refractivity (Wildman–Crippen MR) is 60.5 cm³/mol. The van der Waals surface area contributed by atoms with E-state index in [0.717, 1.165) is 32.7 Å². The Balaban J connectivity index is 3.00. The van der Waals surface area contributed by atoms with Crippen molar-refractivity contribution in [3.63, 3.8) is 0 Å². The van der Waals surface area contributed by atoms with Gasteiger partial charge in [0.15, 0.2) is 8.32 Å². The fourth-order valence-electron chi connectivity index (χ4n) is 0.957. The Morgan fingerprint density at radius 2 is 1.85 bits per heavy atom. The van der Waals surface area contributed by atoms with Crippen LogP contribution in [0.25, 0.3) is 0 Å². The van der Waals surface area contributed by atoms with Crippen LogP contribution in [0, 0.1) is 0 Å². The average molecular weight is 204 g/mol. The molecule has 0 spiro atoms. The molecule has 0 aliphatic heterocycles. The van der Waals surface area contributed by atoms with E-state index in [1.165, 1.54) is 6.42 Å². The highest BCUT2D eigenvalue weighted by Crippen LogP contribution is 2.03. The molecule has 0 bridgehead atoms. The summed E-state index contributed by atoms with van der Waals surface area (Å²) in [6, 6.07) is 0. The van der Waals surface area contributed by atoms with Crippen LogP contribution in [0.1, 0.15) is 12.8 Å². The van der Waals surface area contributed by atoms with Gasteiger partial charge < -0.3 is 15.5 Å². The van der Waals surface area contributed by atoms with Crippen molar-refractivity contribution in [2.75, 3.05) is 26.2 Å². The zero-order chi connectivity index (χ0) is 10.2. The maximum absolute atomic E-state index is 5.72. The number of rotatable bonds is 8. The Kier molecular flexibility index (Phi) is 7.55. The first-order chi connectivity index (χ1) is 6.06. The second kappa shape index (κ2) is 7.50. The molecule has 4 heteroatoms. The number of hydrogen-bond donors (Lipinski definition) is 2. The summed E-state index contributed by atoms with van der Waals surface area (Å²) in [5.74, 6) is 0. The lowest BCUT2D eigenvalue weighted by atomic mass is 10.3. The molecule has 3 N–H and O–H groups in total. The van der Waals surface area contributed by atoms with E-state index in [0.29, 0.717) is 0 Å². The topological polar surface area (TPSA) is 47.3 Å². The van der Waals surface area contributed by atoms with Gasteiger partial charge in [0.1, 0.15) is 0 Å². The first-order valence-corrected chi connectivity index (χ1v) is 8.52. The second-order valence-corrected chi connectivity index (χ2v) is 8.72. The van der Waals surface area contributed by atoms with E-state index in [4.69, 9.17) is 10.2 Å². The van der Waals surface area contributed by atoms with Crippen LogP contribution in [0.5, 0.6) is 0 Å². The quantitative estimate of drug-likeness (QED) is 0.461. The largest absolute Gasteiger partial charge is 0.418 e. The summed E-state index contributed by atoms with van der Waals surface area (Å²) in [5.41, 5.74) is 5.34. The first-order valence-electron chi connectivity index (χ1n) is 5.11. The number of nitrogens with one attached hydrogen (secondary N) is 1. The van der Waals surface area contributed by atoms with Crippen molar-refractivity contribution >= 4 is 8.32 Å². The Morgan fingerprint density at radius 3 is 2.38 bits per heavy atom. The number of unbranched alkanes of at least 4 members (excludes halogenated alkanes) is 1. The van der Waals surface area contributed by atoms with E-state index in [1.807, 2.05) is 0 Å². The van der Waals surface area contributed by atoms with E-state index in [-0.39, 0.29) is 0 Å². The molecule has 13 heavy (non-hydrogen) atoms. The Hall–Kier alpha value is 0.0969. The molecule has 80 valence electrons. The molecule has 0 saturated heterocycles. The molecule has 0 radical (unpaired) electrons. The van der Waals surface area contributed by atoms with Gasteiger partial charge in [-0.25, -0.2) is 0 Å². The molecule has 0 unspecified atom stereocenters. The van der Waals surface area contributed by atoms with Gasteiger partial charge in [0.2, 0.25) is 0 Å². The van der Waals surface area contributed by atoms with Crippen LogP contribution in [0.3, 0.4) is 0 Å². The van der Waals surface area contributed by atoms with Gasteiger partial charge in [-0.15, -0.1) is 0 Å². The van der Waals surface area contributed by atoms with Crippen LogP contribution >= 0.6 is 0 Å². The smallest absolute Gasteiger partial charge is 0.183 e. The van der Waals surface area contributed by atoms with Crippen LogP contribution in [-0.4, -0.2) is 34.6 Å². The minimum absolute atomic E-state index is 0.728. The third kappa shape index (κ3) is 12.1. The standard InChI is InChI=1S/C9H24N2OSi/c1-13(2,3)12-9-5-4-7-11-8-6-10/h11H,4-10H2,1-3H3. The summed E-state index contributed by atoms with van der Waals surface area (Å²) in [5, 5.41) is 3.26. The van der Waals surface area contributed by atoms with E-state index < -0.39 is 8.32 Å². The van der Waals surface area contributed by atoms with Gasteiger partial charge in [-0.05, 0) is 39.0 Å². The van der Waals surface area contributed by atoms with Crippen LogP contribution in [0.15, 0.2) is 0 Å². The highest BCUT2D eigenvalue weighted by molar-refractivity contribution is 6.69. The average Bonchev–Trinajstić information content (AvgIpc) is 2.01. The van der Waals surface area contributed by atoms with Crippen molar-refractivity contribution < 1.29 is 4.43 Å². The maximum atomic E-state index is 5.72. The minimum atomic E-state index is -1.27. The molecule has 0 atom stereocenters. The molecular formula is C9H24N2OSi. The molecule has 0 rings (SSSR count). The molecule has 0 amide bonds. The Morgan fingerprint density at radius 1 is 1.15 bits per heavy atom. The fourth-order valence-corrected chi connectivity index (χ4v) is 1.71. The molecule has 0 saturated carbocycles. The highest BCUT2D eigenvalue weighted by Gasteiger charge is 2.12. The van der Waals surface area contributed by atoms with E-state index in [1.54, 1.807) is 0 Å². The summed E-state index contributed by atoms with van der Waals surface area (Å²) in [4.78, 5) is 0. The van der Waals surface area contributed by atoms with Crippen LogP contribution in [-0.2, 0) is 4.43 Å². The number of nitrogens with two attached hydrogens (primary N) is 1. The Bertz CT molecular complexity index is 115. The molecule has 0 aliphatic carbocycles. The Labute approximate surface area is 83.2 Å². The summed E-state index contributed by atoms with van der Waals surface area (Å²) in [7, 11) is -1.27. The lowest BCUT2D eigenvalue weighted by molar-refractivity contribution is 0.300. The van der Waals surface area contributed by atoms with Crippen LogP contribution in [0.4, 0.5) is 0 Å². The van der Waals surface area contributed by atoms with Gasteiger partial charge in [0.25, 0.3) is 0 Å². The minimum Gasteiger partial charge on any atom is -0.418 e. The van der Waals surface area contributed by atoms with E-state index >= 15 is 0 Å². The van der Waals surface area contributed by atoms with Crippen molar-refractivity contribution in [3.05, 3.63) is 0 Å². The SMILES string of the molecule is C[Si](C)(C)OCCCCNCCN. The van der Waals surface area contributed by atoms with Gasteiger partial charge in [-0.2, -0.15) is 0 Å². The summed E-state index contributed by atoms with van der Waals surface area (Å²) in [6.45, 7) is 10.3. The van der Waals surface area contributed by atoms with Crippen LogP contribution < -0.4 is 11.1 Å². The van der Waals surface area contributed by atoms with Crippen molar-refractivity contribution in [2.45, 2.75) is 32.5 Å². The third-order valence-corrected chi connectivity index (χ3v) is 2.67. The van der Waals surface area contributed by atoms with Gasteiger partial charge in [-0.1, -0.05) is 0 Å². The second-order valence-electron chi connectivity index (χ2n) is 4.21. The van der Waals surface area contributed by atoms with Crippen molar-refractivity contribution in [2.24, 2.45) is 5.73 Å². The molecule has 0 aromatic carbocycles. The lowest BCUT2D eigenvalue weighted by Gasteiger charge is -2.16. The predicted octanol–water partition coefficient (Wildman–Crippen LogP) is 1.17. The van der Waals surface area contributed by atoms with E-state index in [9.17, 15) is 0 Å². The molecule has 0 aliphatic rings. The zero-order valence-corrected chi connectivity index (χ0v) is 10.2. The van der Waals surface area contributed by atoms with Gasteiger partial charge in [0.05, 0.1) is 0 Å².